The zero-order valence-corrected chi connectivity index (χ0v) is 17.2. The lowest BCUT2D eigenvalue weighted by Gasteiger charge is -2.24. The fraction of sp³-hybridized carbons (Fsp3) is 0.381. The van der Waals surface area contributed by atoms with Crippen molar-refractivity contribution in [2.24, 2.45) is 0 Å². The van der Waals surface area contributed by atoms with Gasteiger partial charge in [-0.25, -0.2) is 4.98 Å². The van der Waals surface area contributed by atoms with E-state index in [1.807, 2.05) is 12.1 Å². The average molecular weight is 440 g/mol. The van der Waals surface area contributed by atoms with Crippen LogP contribution in [0.3, 0.4) is 0 Å². The number of amides is 2. The van der Waals surface area contributed by atoms with Crippen LogP contribution in [0.4, 0.5) is 24.7 Å². The predicted molar refractivity (Wildman–Crippen MR) is 109 cm³/mol. The number of alkyl halides is 3. The maximum Gasteiger partial charge on any atom is 0.419 e. The van der Waals surface area contributed by atoms with E-state index in [9.17, 15) is 22.8 Å². The Hall–Kier alpha value is -2.61. The third-order valence-electron chi connectivity index (χ3n) is 5.27. The van der Waals surface area contributed by atoms with Gasteiger partial charge in [0.25, 0.3) is 0 Å². The lowest BCUT2D eigenvalue weighted by atomic mass is 9.98. The van der Waals surface area contributed by atoms with Crippen molar-refractivity contribution < 1.29 is 22.8 Å². The van der Waals surface area contributed by atoms with Crippen LogP contribution in [0.2, 0.25) is 5.02 Å². The average Bonchev–Trinajstić information content (AvgIpc) is 3.08. The molecule has 3 rings (SSSR count). The Labute approximate surface area is 177 Å². The van der Waals surface area contributed by atoms with Gasteiger partial charge < -0.3 is 5.32 Å². The highest BCUT2D eigenvalue weighted by atomic mass is 35.5. The molecule has 1 unspecified atom stereocenters. The van der Waals surface area contributed by atoms with E-state index in [0.29, 0.717) is 17.8 Å². The molecule has 2 amide bonds. The van der Waals surface area contributed by atoms with E-state index in [1.165, 1.54) is 0 Å². The van der Waals surface area contributed by atoms with Crippen LogP contribution in [0.15, 0.2) is 36.5 Å². The number of anilines is 2. The highest BCUT2D eigenvalue weighted by molar-refractivity contribution is 6.31. The van der Waals surface area contributed by atoms with Crippen molar-refractivity contribution in [1.29, 1.82) is 0 Å². The number of halogens is 4. The molecule has 5 nitrogen and oxygen atoms in total. The fourth-order valence-corrected chi connectivity index (χ4v) is 3.59. The molecule has 0 radical (unpaired) electrons. The standard InChI is InChI=1S/C21H21ClF3N3O2/c1-3-12(2)13-4-6-14(7-5-13)27-20(30)17-8-9-19(29)28(17)18-10-16(22)15(11-26-18)21(23,24)25/h4-7,10-12,17H,3,8-9H2,1-2H3,(H,27,30)/t12?,17-/m0/s1. The number of benzene rings is 1. The zero-order chi connectivity index (χ0) is 22.1. The molecular weight excluding hydrogens is 419 g/mol. The monoisotopic (exact) mass is 439 g/mol. The van der Waals surface area contributed by atoms with E-state index in [0.717, 1.165) is 23.0 Å². The predicted octanol–water partition coefficient (Wildman–Crippen LogP) is 5.40. The SMILES string of the molecule is CCC(C)c1ccc(NC(=O)[C@@H]2CCC(=O)N2c2cc(Cl)c(C(F)(F)F)cn2)cc1. The van der Waals surface area contributed by atoms with Gasteiger partial charge in [-0.1, -0.05) is 37.6 Å². The van der Waals surface area contributed by atoms with Crippen LogP contribution < -0.4 is 10.2 Å². The van der Waals surface area contributed by atoms with Gasteiger partial charge in [-0.05, 0) is 36.5 Å². The summed E-state index contributed by atoms with van der Waals surface area (Å²) >= 11 is 5.75. The second-order valence-corrected chi connectivity index (χ2v) is 7.67. The van der Waals surface area contributed by atoms with Crippen LogP contribution in [0.5, 0.6) is 0 Å². The second kappa shape index (κ2) is 8.63. The Kier molecular flexibility index (Phi) is 6.36. The van der Waals surface area contributed by atoms with Gasteiger partial charge in [-0.2, -0.15) is 13.2 Å². The number of hydrogen-bond donors (Lipinski definition) is 1. The van der Waals surface area contributed by atoms with Crippen molar-refractivity contribution in [2.45, 2.75) is 51.2 Å². The zero-order valence-electron chi connectivity index (χ0n) is 16.5. The van der Waals surface area contributed by atoms with Crippen molar-refractivity contribution in [2.75, 3.05) is 10.2 Å². The summed E-state index contributed by atoms with van der Waals surface area (Å²) in [7, 11) is 0. The minimum Gasteiger partial charge on any atom is -0.324 e. The number of carbonyl (C=O) groups excluding carboxylic acids is 2. The molecule has 2 aromatic rings. The highest BCUT2D eigenvalue weighted by Gasteiger charge is 2.39. The van der Waals surface area contributed by atoms with Crippen LogP contribution >= 0.6 is 11.6 Å². The first-order valence-corrected chi connectivity index (χ1v) is 9.95. The first-order valence-electron chi connectivity index (χ1n) is 9.57. The third-order valence-corrected chi connectivity index (χ3v) is 5.58. The summed E-state index contributed by atoms with van der Waals surface area (Å²) < 4.78 is 38.7. The van der Waals surface area contributed by atoms with Crippen LogP contribution in [0.25, 0.3) is 0 Å². The molecule has 1 N–H and O–H groups in total. The lowest BCUT2D eigenvalue weighted by molar-refractivity contribution is -0.137. The fourth-order valence-electron chi connectivity index (χ4n) is 3.34. The molecule has 0 spiro atoms. The molecule has 0 saturated carbocycles. The normalized spacial score (nSPS) is 17.9. The van der Waals surface area contributed by atoms with Crippen LogP contribution in [-0.2, 0) is 15.8 Å². The van der Waals surface area contributed by atoms with Gasteiger partial charge in [-0.3, -0.25) is 14.5 Å². The third kappa shape index (κ3) is 4.59. The van der Waals surface area contributed by atoms with Crippen molar-refractivity contribution in [3.05, 3.63) is 52.7 Å². The summed E-state index contributed by atoms with van der Waals surface area (Å²) in [5.41, 5.74) is 0.628. The molecule has 1 aromatic heterocycles. The maximum absolute atomic E-state index is 12.9. The quantitative estimate of drug-likeness (QED) is 0.678. The van der Waals surface area contributed by atoms with E-state index in [4.69, 9.17) is 11.6 Å². The minimum absolute atomic E-state index is 0.0808. The topological polar surface area (TPSA) is 62.3 Å². The summed E-state index contributed by atoms with van der Waals surface area (Å²) in [6.45, 7) is 4.20. The Morgan fingerprint density at radius 2 is 2.00 bits per heavy atom. The molecule has 0 aliphatic carbocycles. The van der Waals surface area contributed by atoms with Crippen LogP contribution in [0, 0.1) is 0 Å². The molecular formula is C21H21ClF3N3O2. The Balaban J connectivity index is 1.79. The number of aromatic nitrogens is 1. The number of rotatable bonds is 5. The van der Waals surface area contributed by atoms with Gasteiger partial charge in [0.05, 0.1) is 10.6 Å². The largest absolute Gasteiger partial charge is 0.419 e. The first kappa shape index (κ1) is 22.1. The van der Waals surface area contributed by atoms with Gasteiger partial charge in [0.2, 0.25) is 11.8 Å². The Morgan fingerprint density at radius 1 is 1.33 bits per heavy atom. The van der Waals surface area contributed by atoms with Crippen molar-refractivity contribution >= 4 is 34.9 Å². The van der Waals surface area contributed by atoms with Gasteiger partial charge in [0, 0.05) is 24.4 Å². The molecule has 2 heterocycles. The molecule has 1 saturated heterocycles. The molecule has 1 aromatic carbocycles. The van der Waals surface area contributed by atoms with Crippen molar-refractivity contribution in [3.63, 3.8) is 0 Å². The first-order chi connectivity index (χ1) is 14.1. The van der Waals surface area contributed by atoms with E-state index >= 15 is 0 Å². The molecule has 1 aliphatic heterocycles. The number of nitrogens with zero attached hydrogens (tertiary/aromatic N) is 2. The van der Waals surface area contributed by atoms with E-state index in [2.05, 4.69) is 24.1 Å². The van der Waals surface area contributed by atoms with Gasteiger partial charge in [-0.15, -0.1) is 0 Å². The van der Waals surface area contributed by atoms with Crippen molar-refractivity contribution in [1.82, 2.24) is 4.98 Å². The summed E-state index contributed by atoms with van der Waals surface area (Å²) in [6.07, 6.45) is -2.77. The summed E-state index contributed by atoms with van der Waals surface area (Å²) in [5, 5.41) is 2.19. The molecule has 1 fully saturated rings. The number of carbonyl (C=O) groups is 2. The Morgan fingerprint density at radius 3 is 2.57 bits per heavy atom. The van der Waals surface area contributed by atoms with Crippen LogP contribution in [0.1, 0.15) is 50.2 Å². The summed E-state index contributed by atoms with van der Waals surface area (Å²) in [4.78, 5) is 30.0. The second-order valence-electron chi connectivity index (χ2n) is 7.26. The molecule has 9 heteroatoms. The molecule has 160 valence electrons. The summed E-state index contributed by atoms with van der Waals surface area (Å²) in [6, 6.07) is 7.51. The summed E-state index contributed by atoms with van der Waals surface area (Å²) in [5.74, 6) is -0.517. The van der Waals surface area contributed by atoms with E-state index in [1.54, 1.807) is 12.1 Å². The smallest absolute Gasteiger partial charge is 0.324 e. The number of nitrogens with one attached hydrogen (secondary N) is 1. The van der Waals surface area contributed by atoms with E-state index in [-0.39, 0.29) is 18.7 Å². The lowest BCUT2D eigenvalue weighted by Crippen LogP contribution is -2.42. The number of pyridine rings is 1. The van der Waals surface area contributed by atoms with Crippen LogP contribution in [-0.4, -0.2) is 22.8 Å². The molecule has 30 heavy (non-hydrogen) atoms. The van der Waals surface area contributed by atoms with E-state index < -0.39 is 34.6 Å². The molecule has 0 bridgehead atoms. The Bertz CT molecular complexity index is 948. The van der Waals surface area contributed by atoms with Crippen molar-refractivity contribution in [3.8, 4) is 0 Å². The number of hydrogen-bond acceptors (Lipinski definition) is 3. The maximum atomic E-state index is 12.9. The van der Waals surface area contributed by atoms with Gasteiger partial charge in [0.15, 0.2) is 0 Å². The minimum atomic E-state index is -4.66. The molecule has 1 aliphatic rings. The van der Waals surface area contributed by atoms with Gasteiger partial charge >= 0.3 is 6.18 Å². The molecule has 2 atom stereocenters. The van der Waals surface area contributed by atoms with Gasteiger partial charge in [0.1, 0.15) is 11.9 Å². The highest BCUT2D eigenvalue weighted by Crippen LogP contribution is 2.36.